The lowest BCUT2D eigenvalue weighted by Crippen LogP contribution is -2.06. The Morgan fingerprint density at radius 3 is 2.25 bits per heavy atom. The van der Waals surface area contributed by atoms with Gasteiger partial charge in [-0.2, -0.15) is 0 Å². The van der Waals surface area contributed by atoms with Crippen molar-refractivity contribution >= 4 is 0 Å². The molecule has 0 saturated carbocycles. The van der Waals surface area contributed by atoms with Crippen LogP contribution in [-0.4, -0.2) is 9.99 Å². The van der Waals surface area contributed by atoms with Gasteiger partial charge in [0.1, 0.15) is 0 Å². The highest BCUT2D eigenvalue weighted by Crippen LogP contribution is 1.42. The fourth-order valence-electron chi connectivity index (χ4n) is 0. The summed E-state index contributed by atoms with van der Waals surface area (Å²) < 4.78 is 0. The fourth-order valence-corrected chi connectivity index (χ4v) is 0. The van der Waals surface area contributed by atoms with Crippen LogP contribution >= 0.6 is 0 Å². The first-order valence-corrected chi connectivity index (χ1v) is 0.699. The van der Waals surface area contributed by atoms with Crippen molar-refractivity contribution in [2.45, 2.75) is 0 Å². The van der Waals surface area contributed by atoms with E-state index in [-0.39, 0.29) is 6.79 Å². The van der Waals surface area contributed by atoms with Crippen LogP contribution in [0.5, 0.6) is 0 Å². The lowest BCUT2D eigenvalue weighted by atomic mass is 11.5. The Labute approximate surface area is 23.4 Å². The van der Waals surface area contributed by atoms with Gasteiger partial charge in [0.25, 0.3) is 0 Å². The van der Waals surface area contributed by atoms with Crippen molar-refractivity contribution in [1.82, 2.24) is 0 Å². The second-order valence-corrected chi connectivity index (χ2v) is 0.221. The van der Waals surface area contributed by atoms with Crippen LogP contribution in [0.4, 0.5) is 0 Å². The molecule has 0 aliphatic heterocycles. The molecule has 3 nitrogen and oxygen atoms in total. The second kappa shape index (κ2) is 2.88. The molecule has 0 aliphatic rings. The van der Waals surface area contributed by atoms with Gasteiger partial charge in [-0.3, -0.25) is 0 Å². The summed E-state index contributed by atoms with van der Waals surface area (Å²) in [6, 6.07) is 0. The van der Waals surface area contributed by atoms with Crippen molar-refractivity contribution in [3.05, 3.63) is 6.79 Å². The van der Waals surface area contributed by atoms with Gasteiger partial charge in [-0.15, -0.1) is 0 Å². The number of hydrogen-bond acceptors (Lipinski definition) is 2. The van der Waals surface area contributed by atoms with E-state index in [0.717, 1.165) is 0 Å². The van der Waals surface area contributed by atoms with Crippen LogP contribution in [0.15, 0.2) is 0 Å². The van der Waals surface area contributed by atoms with Gasteiger partial charge < -0.3 is 15.3 Å². The molecule has 0 heterocycles. The van der Waals surface area contributed by atoms with Crippen LogP contribution in [-0.2, 0) is 0 Å². The van der Waals surface area contributed by atoms with Crippen molar-refractivity contribution in [1.29, 1.82) is 0 Å². The van der Waals surface area contributed by atoms with E-state index in [0.29, 0.717) is 0 Å². The van der Waals surface area contributed by atoms with E-state index in [4.69, 9.17) is 10.4 Å². The van der Waals surface area contributed by atoms with Crippen molar-refractivity contribution in [2.24, 2.45) is 0 Å². The molecule has 0 aromatic heterocycles. The predicted octanol–water partition coefficient (Wildman–Crippen LogP) is -1.15. The van der Waals surface area contributed by atoms with Crippen molar-refractivity contribution in [3.63, 3.8) is 0 Å². The lowest BCUT2D eigenvalue weighted by molar-refractivity contribution is -0.770. The maximum atomic E-state index is 8.62. The molecule has 26 valence electrons. The number of hydrogen-bond donors (Lipinski definition) is 1. The molecule has 0 amide bonds. The van der Waals surface area contributed by atoms with Crippen molar-refractivity contribution < 1.29 is 15.3 Å². The van der Waals surface area contributed by atoms with E-state index in [1.807, 2.05) is 4.89 Å². The molecule has 2 N–H and O–H groups in total. The van der Waals surface area contributed by atoms with Gasteiger partial charge in [0.15, 0.2) is 0 Å². The standard InChI is InChI=1S/CH3O3/c2-1-4-3/h1-2,4H/q-1. The lowest BCUT2D eigenvalue weighted by Gasteiger charge is -1.99. The van der Waals surface area contributed by atoms with E-state index in [1.165, 1.54) is 0 Å². The minimum Gasteiger partial charge on any atom is -0.567 e. The van der Waals surface area contributed by atoms with Crippen LogP contribution in [0.3, 0.4) is 0 Å². The molecule has 0 aromatic rings. The average Bonchev–Trinajstić information content (AvgIpc) is 1.37. The molecular weight excluding hydrogens is 60.0 g/mol. The van der Waals surface area contributed by atoms with Gasteiger partial charge in [0, 0.05) is 0 Å². The highest BCUT2D eigenvalue weighted by Gasteiger charge is 1.34. The minimum absolute atomic E-state index is 0.194. The van der Waals surface area contributed by atoms with Crippen LogP contribution in [0.1, 0.15) is 0 Å². The molecule has 0 aliphatic carbocycles. The molecule has 4 heavy (non-hydrogen) atoms. The monoisotopic (exact) mass is 63.0 g/mol. The Kier molecular flexibility index (Phi) is 2.79. The highest BCUT2D eigenvalue weighted by molar-refractivity contribution is 3.92. The number of aliphatic hydroxyl groups excluding tert-OH is 1. The molecule has 0 radical (unpaired) electrons. The molecule has 0 unspecified atom stereocenters. The minimum atomic E-state index is 0.194. The third-order valence-corrected chi connectivity index (χ3v) is 0.0471. The van der Waals surface area contributed by atoms with Gasteiger partial charge in [0.2, 0.25) is 0 Å². The van der Waals surface area contributed by atoms with Crippen LogP contribution in [0, 0.1) is 6.79 Å². The van der Waals surface area contributed by atoms with Crippen LogP contribution in [0.25, 0.3) is 0 Å². The Bertz CT molecular complexity index is 5.25. The molecular formula is CH3O3-. The largest absolute Gasteiger partial charge is 0.567 e. The van der Waals surface area contributed by atoms with E-state index in [2.05, 4.69) is 0 Å². The Morgan fingerprint density at radius 1 is 2.00 bits per heavy atom. The second-order valence-electron chi connectivity index (χ2n) is 0.221. The Morgan fingerprint density at radius 2 is 2.25 bits per heavy atom. The highest BCUT2D eigenvalue weighted by atomic mass is 17.1. The van der Waals surface area contributed by atoms with Crippen molar-refractivity contribution in [2.75, 3.05) is 0 Å². The zero-order chi connectivity index (χ0) is 3.41. The van der Waals surface area contributed by atoms with E-state index < -0.39 is 0 Å². The molecule has 0 aromatic carbocycles. The predicted molar refractivity (Wildman–Crippen MR) is 8.86 cm³/mol. The summed E-state index contributed by atoms with van der Waals surface area (Å²) in [5.41, 5.74) is 0. The fraction of sp³-hybridized carbons (Fsp3) is 0. The van der Waals surface area contributed by atoms with E-state index >= 15 is 0 Å². The molecule has 3 heteroatoms. The van der Waals surface area contributed by atoms with E-state index in [1.54, 1.807) is 0 Å². The van der Waals surface area contributed by atoms with Gasteiger partial charge in [0.05, 0.1) is 6.79 Å². The van der Waals surface area contributed by atoms with Crippen LogP contribution < -0.4 is 5.26 Å². The summed E-state index contributed by atoms with van der Waals surface area (Å²) in [5, 5.41) is 15.9. The Balaban J connectivity index is 1.97. The maximum absolute atomic E-state index is 8.62. The summed E-state index contributed by atoms with van der Waals surface area (Å²) in [6.07, 6.45) is 0. The van der Waals surface area contributed by atoms with Gasteiger partial charge in [-0.25, -0.2) is 0 Å². The molecule has 0 fully saturated rings. The maximum Gasteiger partial charge on any atom is 0.0764 e. The van der Waals surface area contributed by atoms with Gasteiger partial charge in [-0.1, -0.05) is 0 Å². The third kappa shape index (κ3) is 1.88. The average molecular weight is 63.0 g/mol. The summed E-state index contributed by atoms with van der Waals surface area (Å²) in [7, 11) is 0. The van der Waals surface area contributed by atoms with Crippen molar-refractivity contribution in [3.8, 4) is 0 Å². The number of aliphatic hydroxyl groups is 2. The third-order valence-electron chi connectivity index (χ3n) is 0.0471. The summed E-state index contributed by atoms with van der Waals surface area (Å²) in [5.74, 6) is 0. The van der Waals surface area contributed by atoms with Gasteiger partial charge >= 0.3 is 0 Å². The molecule has 0 rings (SSSR count). The van der Waals surface area contributed by atoms with E-state index in [9.17, 15) is 0 Å². The number of rotatable bonds is 1. The normalized spacial score (nSPS) is 7.50. The zero-order valence-electron chi connectivity index (χ0n) is 1.88. The molecule has 0 saturated heterocycles. The smallest absolute Gasteiger partial charge is 0.0764 e. The summed E-state index contributed by atoms with van der Waals surface area (Å²) in [6.45, 7) is 0.194. The molecule has 0 atom stereocenters. The summed E-state index contributed by atoms with van der Waals surface area (Å²) in [4.78, 5) is 1.92. The summed E-state index contributed by atoms with van der Waals surface area (Å²) >= 11 is 0. The zero-order valence-corrected chi connectivity index (χ0v) is 1.88. The topological polar surface area (TPSA) is 56.1 Å². The first kappa shape index (κ1) is 3.88. The van der Waals surface area contributed by atoms with Crippen LogP contribution in [0.2, 0.25) is 0 Å². The first-order valence-electron chi connectivity index (χ1n) is 0.699. The first-order chi connectivity index (χ1) is 1.91. The quantitative estimate of drug-likeness (QED) is 0.181. The van der Waals surface area contributed by atoms with Gasteiger partial charge in [-0.05, 0) is 0 Å². The molecule has 0 spiro atoms. The SMILES string of the molecule is [O-][OH+][CH-]O. The Hall–Kier alpha value is -0.120. The molecule has 0 bridgehead atoms.